The smallest absolute Gasteiger partial charge is 0.481 e. The number of nitrogens with two attached hydrogens (primary N) is 1. The monoisotopic (exact) mass is 149 g/mol. The molecular weight excluding hydrogens is 139 g/mol. The molecule has 0 unspecified atom stereocenters. The van der Waals surface area contributed by atoms with Gasteiger partial charge < -0.3 is 12.7 Å². The van der Waals surface area contributed by atoms with Crippen LogP contribution < -0.4 is 5.32 Å². The molecule has 0 aliphatic rings. The molecule has 0 heterocycles. The van der Waals surface area contributed by atoms with E-state index in [4.69, 9.17) is 0 Å². The minimum atomic E-state index is 0. The molecule has 0 aromatic rings. The van der Waals surface area contributed by atoms with Crippen LogP contribution in [0.4, 0.5) is 0 Å². The summed E-state index contributed by atoms with van der Waals surface area (Å²) >= 11 is 0. The maximum absolute atomic E-state index is 3.36. The van der Waals surface area contributed by atoms with E-state index in [0.717, 1.165) is 0 Å². The summed E-state index contributed by atoms with van der Waals surface area (Å²) in [5, 5.41) is 1.75. The van der Waals surface area contributed by atoms with E-state index in [0.29, 0.717) is 0 Å². The number of rotatable bonds is 0. The molecule has 0 radical (unpaired) electrons. The predicted molar refractivity (Wildman–Crippen MR) is 19.6 cm³/mol. The van der Waals surface area contributed by atoms with Crippen LogP contribution in [0.3, 0.4) is 0 Å². The zero-order valence-corrected chi connectivity index (χ0v) is 6.70. The van der Waals surface area contributed by atoms with Crippen molar-refractivity contribution >= 4 is 0 Å². The molecule has 5 heavy (non-hydrogen) atoms. The molecule has 0 atom stereocenters. The second-order valence-corrected chi connectivity index (χ2v) is 0.408. The molecule has 0 aromatic heterocycles. The Hall–Kier alpha value is 1.06. The van der Waals surface area contributed by atoms with Gasteiger partial charge in [0.05, 0.1) is 0 Å². The third-order valence-corrected chi connectivity index (χ3v) is 0. The Labute approximate surface area is 59.4 Å². The van der Waals surface area contributed by atoms with E-state index in [2.05, 4.69) is 7.05 Å². The molecule has 0 amide bonds. The van der Waals surface area contributed by atoms with Gasteiger partial charge in [-0.1, -0.05) is 0 Å². The first-order valence-corrected chi connectivity index (χ1v) is 0.986. The van der Waals surface area contributed by atoms with Gasteiger partial charge in [0.2, 0.25) is 0 Å². The number of hydrogen-bond donors (Lipinski definition) is 1. The van der Waals surface area contributed by atoms with E-state index in [-0.39, 0.29) is 40.1 Å². The van der Waals surface area contributed by atoms with Gasteiger partial charge in [-0.3, -0.25) is 0 Å². The normalized spacial score (nSPS) is 3.60. The van der Waals surface area contributed by atoms with E-state index >= 15 is 0 Å². The Balaban J connectivity index is -0.0000000200. The minimum absolute atomic E-state index is 0. The quantitative estimate of drug-likeness (QED) is 0.444. The average molecular weight is 149 g/mol. The molecule has 0 aromatic carbocycles. The molecule has 0 spiro atoms. The molecule has 0 saturated heterocycles. The van der Waals surface area contributed by atoms with Crippen LogP contribution in [0.25, 0.3) is 0 Å². The van der Waals surface area contributed by atoms with Crippen molar-refractivity contribution in [3.63, 3.8) is 0 Å². The molecule has 28 valence electrons. The van der Waals surface area contributed by atoms with Crippen LogP contribution in [0.5, 0.6) is 0 Å². The number of hydrogen-bond acceptors (Lipinski definition) is 0. The molecule has 0 fully saturated rings. The first-order chi connectivity index (χ1) is 1.41. The third kappa shape index (κ3) is 42.0. The van der Waals surface area contributed by atoms with Crippen LogP contribution in [0.1, 0.15) is 0 Å². The van der Waals surface area contributed by atoms with Crippen LogP contribution in [0.15, 0.2) is 0 Å². The molecule has 0 bridgehead atoms. The molecule has 0 rings (SSSR count). The van der Waals surface area contributed by atoms with Gasteiger partial charge >= 0.3 is 32.7 Å². The molecule has 1 nitrogen and oxygen atoms in total. The summed E-state index contributed by atoms with van der Waals surface area (Å²) in [5.74, 6) is 0. The molecule has 0 aliphatic carbocycles. The third-order valence-electron chi connectivity index (χ3n) is 0. The van der Waals surface area contributed by atoms with Gasteiger partial charge in [0.25, 0.3) is 0 Å². The first-order valence-electron chi connectivity index (χ1n) is 0.986. The maximum atomic E-state index is 3.36. The standard InChI is InChI=1S/C2H7N.CH3.Y/c1-3-2;;/h1,3H2,2H3;1H3;/q;-1;+3. The van der Waals surface area contributed by atoms with Gasteiger partial charge in [-0.05, 0) is 0 Å². The van der Waals surface area contributed by atoms with Gasteiger partial charge in [0.1, 0.15) is 0 Å². The summed E-state index contributed by atoms with van der Waals surface area (Å²) in [6, 6.07) is 0. The summed E-state index contributed by atoms with van der Waals surface area (Å²) in [5.41, 5.74) is 0. The van der Waals surface area contributed by atoms with Crippen molar-refractivity contribution in [2.24, 2.45) is 0 Å². The Morgan fingerprint density at radius 1 is 1.60 bits per heavy atom. The van der Waals surface area contributed by atoms with Crippen LogP contribution >= 0.6 is 0 Å². The Kier molecular flexibility index (Phi) is 65.0. The van der Waals surface area contributed by atoms with Crippen LogP contribution in [0, 0.1) is 14.5 Å². The van der Waals surface area contributed by atoms with E-state index in [1.807, 2.05) is 7.05 Å². The summed E-state index contributed by atoms with van der Waals surface area (Å²) in [7, 11) is 5.25. The SMILES string of the molecule is [CH2-][NH2+]C.[CH3-].[Y+3]. The first kappa shape index (κ1) is 16.6. The summed E-state index contributed by atoms with van der Waals surface area (Å²) < 4.78 is 0. The Bertz CT molecular complexity index is 6.85. The Morgan fingerprint density at radius 2 is 1.60 bits per heavy atom. The molecular formula is C3H10NY+2. The predicted octanol–water partition coefficient (Wildman–Crippen LogP) is -0.581. The van der Waals surface area contributed by atoms with Gasteiger partial charge in [0, 0.05) is 7.05 Å². The number of quaternary nitrogens is 1. The summed E-state index contributed by atoms with van der Waals surface area (Å²) in [4.78, 5) is 0. The van der Waals surface area contributed by atoms with E-state index < -0.39 is 0 Å². The average Bonchev–Trinajstić information content (AvgIpc) is 0.918. The van der Waals surface area contributed by atoms with Crippen molar-refractivity contribution in [1.82, 2.24) is 0 Å². The zero-order chi connectivity index (χ0) is 2.71. The molecule has 2 N–H and O–H groups in total. The van der Waals surface area contributed by atoms with E-state index in [9.17, 15) is 0 Å². The van der Waals surface area contributed by atoms with Gasteiger partial charge in [-0.25, -0.2) is 0 Å². The topological polar surface area (TPSA) is 16.6 Å². The van der Waals surface area contributed by atoms with E-state index in [1.54, 1.807) is 5.32 Å². The van der Waals surface area contributed by atoms with Gasteiger partial charge in [-0.2, -0.15) is 7.05 Å². The zero-order valence-electron chi connectivity index (χ0n) is 3.86. The van der Waals surface area contributed by atoms with Crippen molar-refractivity contribution in [3.8, 4) is 0 Å². The fourth-order valence-corrected chi connectivity index (χ4v) is 0. The van der Waals surface area contributed by atoms with E-state index in [1.165, 1.54) is 0 Å². The molecule has 0 saturated carbocycles. The molecule has 2 heteroatoms. The van der Waals surface area contributed by atoms with Crippen molar-refractivity contribution in [2.45, 2.75) is 0 Å². The second-order valence-electron chi connectivity index (χ2n) is 0.408. The van der Waals surface area contributed by atoms with Crippen molar-refractivity contribution in [3.05, 3.63) is 14.5 Å². The van der Waals surface area contributed by atoms with Crippen molar-refractivity contribution in [1.29, 1.82) is 0 Å². The summed E-state index contributed by atoms with van der Waals surface area (Å²) in [6.07, 6.45) is 0. The van der Waals surface area contributed by atoms with Crippen LogP contribution in [0.2, 0.25) is 0 Å². The fraction of sp³-hybridized carbons (Fsp3) is 0.333. The second kappa shape index (κ2) is 19.6. The van der Waals surface area contributed by atoms with Crippen LogP contribution in [-0.2, 0) is 32.7 Å². The van der Waals surface area contributed by atoms with Crippen molar-refractivity contribution in [2.75, 3.05) is 7.05 Å². The van der Waals surface area contributed by atoms with Crippen molar-refractivity contribution < 1.29 is 38.0 Å². The Morgan fingerprint density at radius 3 is 1.60 bits per heavy atom. The largest absolute Gasteiger partial charge is 3.00 e. The van der Waals surface area contributed by atoms with Gasteiger partial charge in [0.15, 0.2) is 0 Å². The fourth-order valence-electron chi connectivity index (χ4n) is 0. The molecule has 0 aliphatic heterocycles. The van der Waals surface area contributed by atoms with Gasteiger partial charge in [-0.15, -0.1) is 0 Å². The van der Waals surface area contributed by atoms with Crippen LogP contribution in [-0.4, -0.2) is 7.05 Å². The maximum Gasteiger partial charge on any atom is 3.00 e. The summed E-state index contributed by atoms with van der Waals surface area (Å²) in [6.45, 7) is 0. The minimum Gasteiger partial charge on any atom is -0.481 e.